The number of rotatable bonds is 4. The van der Waals surface area contributed by atoms with Gasteiger partial charge in [-0.25, -0.2) is 8.78 Å². The van der Waals surface area contributed by atoms with Gasteiger partial charge in [-0.1, -0.05) is 20.8 Å². The van der Waals surface area contributed by atoms with Crippen molar-refractivity contribution in [3.05, 3.63) is 35.4 Å². The van der Waals surface area contributed by atoms with Crippen molar-refractivity contribution >= 4 is 11.8 Å². The number of benzene rings is 1. The molecule has 0 aromatic heterocycles. The summed E-state index contributed by atoms with van der Waals surface area (Å²) in [4.78, 5) is 23.4. The summed E-state index contributed by atoms with van der Waals surface area (Å²) in [6.07, 6.45) is 0. The fourth-order valence-corrected chi connectivity index (χ4v) is 1.60. The smallest absolute Gasteiger partial charge is 0.251 e. The van der Waals surface area contributed by atoms with Gasteiger partial charge in [0.1, 0.15) is 17.7 Å². The molecule has 1 aromatic carbocycles. The zero-order valence-electron chi connectivity index (χ0n) is 12.5. The van der Waals surface area contributed by atoms with Gasteiger partial charge in [0.2, 0.25) is 5.91 Å². The predicted molar refractivity (Wildman–Crippen MR) is 75.7 cm³/mol. The van der Waals surface area contributed by atoms with E-state index in [1.165, 1.54) is 0 Å². The average Bonchev–Trinajstić information content (AvgIpc) is 2.39. The third-order valence-electron chi connectivity index (χ3n) is 2.83. The van der Waals surface area contributed by atoms with Crippen LogP contribution in [0.15, 0.2) is 18.2 Å². The maximum absolute atomic E-state index is 13.0. The second-order valence-electron chi connectivity index (χ2n) is 5.84. The number of nitriles is 1. The van der Waals surface area contributed by atoms with Crippen LogP contribution in [-0.4, -0.2) is 24.4 Å². The maximum atomic E-state index is 13.0. The number of hydrogen-bond acceptors (Lipinski definition) is 3. The predicted octanol–water partition coefficient (Wildman–Crippen LogP) is 1.75. The van der Waals surface area contributed by atoms with Crippen LogP contribution in [0.3, 0.4) is 0 Å². The minimum Gasteiger partial charge on any atom is -0.343 e. The Hall–Kier alpha value is -2.49. The van der Waals surface area contributed by atoms with Crippen molar-refractivity contribution in [1.29, 1.82) is 5.26 Å². The van der Waals surface area contributed by atoms with Crippen molar-refractivity contribution in [1.82, 2.24) is 10.6 Å². The van der Waals surface area contributed by atoms with Crippen molar-refractivity contribution in [2.45, 2.75) is 26.8 Å². The highest BCUT2D eigenvalue weighted by atomic mass is 19.1. The molecule has 1 atom stereocenters. The Bertz CT molecular complexity index is 598. The lowest BCUT2D eigenvalue weighted by molar-refractivity contribution is -0.121. The normalized spacial score (nSPS) is 12.2. The van der Waals surface area contributed by atoms with E-state index in [-0.39, 0.29) is 5.56 Å². The van der Waals surface area contributed by atoms with Crippen molar-refractivity contribution in [2.24, 2.45) is 5.41 Å². The van der Waals surface area contributed by atoms with Crippen LogP contribution in [0.25, 0.3) is 0 Å². The fraction of sp³-hybridized carbons (Fsp3) is 0.400. The van der Waals surface area contributed by atoms with Gasteiger partial charge in [0.15, 0.2) is 0 Å². The van der Waals surface area contributed by atoms with E-state index in [2.05, 4.69) is 10.6 Å². The molecule has 0 heterocycles. The van der Waals surface area contributed by atoms with Crippen LogP contribution >= 0.6 is 0 Å². The lowest BCUT2D eigenvalue weighted by atomic mass is 9.88. The molecule has 7 heteroatoms. The summed E-state index contributed by atoms with van der Waals surface area (Å²) >= 11 is 0. The van der Waals surface area contributed by atoms with Crippen LogP contribution < -0.4 is 10.6 Å². The van der Waals surface area contributed by atoms with E-state index in [9.17, 15) is 18.4 Å². The molecule has 0 aliphatic carbocycles. The van der Waals surface area contributed by atoms with Gasteiger partial charge in [-0.3, -0.25) is 9.59 Å². The van der Waals surface area contributed by atoms with Crippen molar-refractivity contribution in [2.75, 3.05) is 6.54 Å². The lowest BCUT2D eigenvalue weighted by Crippen LogP contribution is -2.46. The third-order valence-corrected chi connectivity index (χ3v) is 2.83. The second-order valence-corrected chi connectivity index (χ2v) is 5.84. The number of hydrogen-bond donors (Lipinski definition) is 2. The number of amides is 2. The van der Waals surface area contributed by atoms with Gasteiger partial charge in [-0.2, -0.15) is 5.26 Å². The van der Waals surface area contributed by atoms with Gasteiger partial charge >= 0.3 is 0 Å². The standard InChI is InChI=1S/C15H17F2N3O2/c1-15(2,3)12(7-18)20-13(21)8-19-14(22)9-4-10(16)6-11(17)5-9/h4-6,12H,8H2,1-3H3,(H,19,22)(H,20,21)/t12-/m0/s1. The second kappa shape index (κ2) is 6.98. The van der Waals surface area contributed by atoms with E-state index in [0.29, 0.717) is 6.07 Å². The van der Waals surface area contributed by atoms with Gasteiger partial charge in [0.25, 0.3) is 5.91 Å². The van der Waals surface area contributed by atoms with Gasteiger partial charge in [0.05, 0.1) is 12.6 Å². The molecular weight excluding hydrogens is 292 g/mol. The summed E-state index contributed by atoms with van der Waals surface area (Å²) in [5.41, 5.74) is -0.682. The first-order valence-electron chi connectivity index (χ1n) is 6.57. The molecule has 22 heavy (non-hydrogen) atoms. The van der Waals surface area contributed by atoms with E-state index in [1.807, 2.05) is 6.07 Å². The largest absolute Gasteiger partial charge is 0.343 e. The Morgan fingerprint density at radius 1 is 1.23 bits per heavy atom. The van der Waals surface area contributed by atoms with Gasteiger partial charge in [-0.05, 0) is 17.5 Å². The Labute approximate surface area is 127 Å². The van der Waals surface area contributed by atoms with E-state index in [4.69, 9.17) is 5.26 Å². The molecule has 0 fully saturated rings. The lowest BCUT2D eigenvalue weighted by Gasteiger charge is -2.25. The number of carbonyl (C=O) groups is 2. The number of nitrogens with one attached hydrogen (secondary N) is 2. The van der Waals surface area contributed by atoms with Crippen LogP contribution in [0.4, 0.5) is 8.78 Å². The van der Waals surface area contributed by atoms with Crippen LogP contribution in [0.1, 0.15) is 31.1 Å². The molecule has 0 aliphatic rings. The highest BCUT2D eigenvalue weighted by molar-refractivity contribution is 5.96. The molecule has 1 rings (SSSR count). The van der Waals surface area contributed by atoms with Crippen molar-refractivity contribution in [3.8, 4) is 6.07 Å². The average molecular weight is 309 g/mol. The quantitative estimate of drug-likeness (QED) is 0.889. The minimum absolute atomic E-state index is 0.224. The monoisotopic (exact) mass is 309 g/mol. The molecule has 1 aromatic rings. The van der Waals surface area contributed by atoms with Gasteiger partial charge in [0, 0.05) is 11.6 Å². The Morgan fingerprint density at radius 2 is 1.77 bits per heavy atom. The SMILES string of the molecule is CC(C)(C)[C@H](C#N)NC(=O)CNC(=O)c1cc(F)cc(F)c1. The molecular formula is C15H17F2N3O2. The number of carbonyl (C=O) groups excluding carboxylic acids is 2. The first-order valence-corrected chi connectivity index (χ1v) is 6.57. The molecule has 0 bridgehead atoms. The molecule has 5 nitrogen and oxygen atoms in total. The van der Waals surface area contributed by atoms with Crippen molar-refractivity contribution < 1.29 is 18.4 Å². The summed E-state index contributed by atoms with van der Waals surface area (Å²) < 4.78 is 26.0. The number of nitrogens with zero attached hydrogens (tertiary/aromatic N) is 1. The number of halogens is 2. The molecule has 0 saturated carbocycles. The van der Waals surface area contributed by atoms with E-state index >= 15 is 0 Å². The first-order chi connectivity index (χ1) is 10.1. The molecule has 0 radical (unpaired) electrons. The maximum Gasteiger partial charge on any atom is 0.251 e. The molecule has 2 N–H and O–H groups in total. The zero-order chi connectivity index (χ0) is 16.9. The topological polar surface area (TPSA) is 82.0 Å². The minimum atomic E-state index is -0.883. The first kappa shape index (κ1) is 17.6. The molecule has 0 aliphatic heterocycles. The van der Waals surface area contributed by atoms with E-state index < -0.39 is 41.5 Å². The summed E-state index contributed by atoms with van der Waals surface area (Å²) in [5, 5.41) is 13.7. The molecule has 0 spiro atoms. The van der Waals surface area contributed by atoms with Gasteiger partial charge < -0.3 is 10.6 Å². The van der Waals surface area contributed by atoms with Crippen LogP contribution in [-0.2, 0) is 4.79 Å². The highest BCUT2D eigenvalue weighted by Crippen LogP contribution is 2.18. The Balaban J connectivity index is 2.61. The zero-order valence-corrected chi connectivity index (χ0v) is 12.5. The Kier molecular flexibility index (Phi) is 5.57. The summed E-state index contributed by atoms with van der Waals surface area (Å²) in [6.45, 7) is 4.96. The molecule has 2 amide bonds. The molecule has 0 saturated heterocycles. The summed E-state index contributed by atoms with van der Waals surface area (Å²) in [5.74, 6) is -3.11. The van der Waals surface area contributed by atoms with E-state index in [0.717, 1.165) is 12.1 Å². The van der Waals surface area contributed by atoms with Crippen molar-refractivity contribution in [3.63, 3.8) is 0 Å². The molecule has 118 valence electrons. The molecule has 0 unspecified atom stereocenters. The van der Waals surface area contributed by atoms with Crippen LogP contribution in [0.5, 0.6) is 0 Å². The third kappa shape index (κ3) is 5.13. The summed E-state index contributed by atoms with van der Waals surface area (Å²) in [7, 11) is 0. The highest BCUT2D eigenvalue weighted by Gasteiger charge is 2.26. The summed E-state index contributed by atoms with van der Waals surface area (Å²) in [6, 6.07) is 3.62. The van der Waals surface area contributed by atoms with E-state index in [1.54, 1.807) is 20.8 Å². The fourth-order valence-electron chi connectivity index (χ4n) is 1.60. The van der Waals surface area contributed by atoms with Crippen LogP contribution in [0.2, 0.25) is 0 Å². The van der Waals surface area contributed by atoms with Gasteiger partial charge in [-0.15, -0.1) is 0 Å². The van der Waals surface area contributed by atoms with Crippen LogP contribution in [0, 0.1) is 28.4 Å². The Morgan fingerprint density at radius 3 is 2.23 bits per heavy atom.